The van der Waals surface area contributed by atoms with Crippen LogP contribution in [-0.2, 0) is 4.79 Å². The van der Waals surface area contributed by atoms with Crippen molar-refractivity contribution < 1.29 is 18.0 Å². The second-order valence-corrected chi connectivity index (χ2v) is 11.1. The number of hydrogen-bond acceptors (Lipinski definition) is 7. The number of allylic oxidation sites excluding steroid dienone is 1. The van der Waals surface area contributed by atoms with Gasteiger partial charge in [-0.25, -0.2) is 27.5 Å². The molecule has 1 amide bonds. The minimum Gasteiger partial charge on any atom is -0.349 e. The van der Waals surface area contributed by atoms with Gasteiger partial charge in [-0.05, 0) is 69.0 Å². The van der Waals surface area contributed by atoms with Crippen molar-refractivity contribution in [3.05, 3.63) is 79.4 Å². The monoisotopic (exact) mass is 570 g/mol. The topological polar surface area (TPSA) is 102 Å². The maximum Gasteiger partial charge on any atom is 0.337 e. The molecule has 3 aromatic rings. The van der Waals surface area contributed by atoms with E-state index in [1.165, 1.54) is 17.8 Å². The van der Waals surface area contributed by atoms with Crippen LogP contribution in [0.15, 0.2) is 55.6 Å². The van der Waals surface area contributed by atoms with Crippen molar-refractivity contribution in [3.63, 3.8) is 0 Å². The molecule has 1 aliphatic carbocycles. The summed E-state index contributed by atoms with van der Waals surface area (Å²) in [6.07, 6.45) is 3.61. The summed E-state index contributed by atoms with van der Waals surface area (Å²) in [5.74, 6) is -3.22. The third-order valence-electron chi connectivity index (χ3n) is 7.60. The molecule has 1 saturated carbocycles. The Balaban J connectivity index is 1.27. The molecule has 0 spiro atoms. The van der Waals surface area contributed by atoms with Gasteiger partial charge in [-0.3, -0.25) is 19.1 Å². The molecule has 1 aromatic carbocycles. The fraction of sp³-hybridized carbons (Fsp3) is 0.370. The van der Waals surface area contributed by atoms with E-state index in [1.54, 1.807) is 0 Å². The van der Waals surface area contributed by atoms with Crippen molar-refractivity contribution >= 4 is 33.9 Å². The molecule has 0 radical (unpaired) electrons. The lowest BCUT2D eigenvalue weighted by Gasteiger charge is -2.30. The normalized spacial score (nSPS) is 21.0. The quantitative estimate of drug-likeness (QED) is 0.515. The van der Waals surface area contributed by atoms with Crippen LogP contribution in [0.1, 0.15) is 45.1 Å². The average Bonchev–Trinajstić information content (AvgIpc) is 3.28. The van der Waals surface area contributed by atoms with Gasteiger partial charge >= 0.3 is 5.69 Å². The van der Waals surface area contributed by atoms with E-state index in [1.807, 2.05) is 6.92 Å². The number of benzene rings is 1. The highest BCUT2D eigenvalue weighted by molar-refractivity contribution is 8.18. The van der Waals surface area contributed by atoms with Crippen LogP contribution >= 0.6 is 11.8 Å². The van der Waals surface area contributed by atoms with Crippen LogP contribution < -0.4 is 16.6 Å². The zero-order chi connectivity index (χ0) is 28.1. The van der Waals surface area contributed by atoms with Gasteiger partial charge in [-0.2, -0.15) is 0 Å². The van der Waals surface area contributed by atoms with E-state index in [4.69, 9.17) is 0 Å². The number of thioether (sulfide) groups is 1. The molecule has 6 rings (SSSR count). The summed E-state index contributed by atoms with van der Waals surface area (Å²) in [7, 11) is 0. The zero-order valence-electron chi connectivity index (χ0n) is 21.5. The van der Waals surface area contributed by atoms with Crippen LogP contribution in [0, 0.1) is 17.5 Å². The van der Waals surface area contributed by atoms with Crippen molar-refractivity contribution in [1.82, 2.24) is 24.3 Å². The second-order valence-electron chi connectivity index (χ2n) is 10.1. The van der Waals surface area contributed by atoms with Crippen LogP contribution in [-0.4, -0.2) is 49.2 Å². The van der Waals surface area contributed by atoms with Crippen molar-refractivity contribution in [2.24, 2.45) is 4.99 Å². The number of pyridine rings is 1. The standard InChI is InChI=1S/C27H25F3N6O3S/c1-14-22(40-26-31-9-2-10-34(14)26)24(37)33-16-3-5-17(6-4-16)36-25(38)19-11-15(28)13-32-23(19)35(27(36)39)18-7-8-20(29)21(30)12-18/h7-8,11-13,16-17H,2-6,9-10H2,1H3,(H,33,37)/t16-,17+. The molecule has 4 heterocycles. The van der Waals surface area contributed by atoms with Gasteiger partial charge in [-0.15, -0.1) is 0 Å². The Labute approximate surface area is 230 Å². The number of fused-ring (bicyclic) bond motifs is 2. The summed E-state index contributed by atoms with van der Waals surface area (Å²) in [6, 6.07) is 3.18. The highest BCUT2D eigenvalue weighted by atomic mass is 32.2. The molecule has 1 fully saturated rings. The number of aliphatic imine (C=N–C) groups is 1. The molecule has 208 valence electrons. The smallest absolute Gasteiger partial charge is 0.337 e. The van der Waals surface area contributed by atoms with E-state index in [0.29, 0.717) is 30.6 Å². The van der Waals surface area contributed by atoms with Gasteiger partial charge in [0.05, 0.1) is 22.2 Å². The minimum atomic E-state index is -1.18. The SMILES string of the molecule is CC1=C(C(=O)N[C@H]2CC[C@@H](n3c(=O)c4cc(F)cnc4n(-c4ccc(F)c(F)c4)c3=O)CC2)SC2=NCCCN21. The first-order chi connectivity index (χ1) is 19.2. The Kier molecular flexibility index (Phi) is 6.77. The molecule has 1 N–H and O–H groups in total. The van der Waals surface area contributed by atoms with E-state index in [0.717, 1.165) is 63.9 Å². The predicted octanol–water partition coefficient (Wildman–Crippen LogP) is 3.60. The molecular weight excluding hydrogens is 545 g/mol. The summed E-state index contributed by atoms with van der Waals surface area (Å²) in [5, 5.41) is 3.77. The van der Waals surface area contributed by atoms with Crippen molar-refractivity contribution in [1.29, 1.82) is 0 Å². The van der Waals surface area contributed by atoms with Crippen LogP contribution in [0.2, 0.25) is 0 Å². The molecule has 2 aliphatic heterocycles. The summed E-state index contributed by atoms with van der Waals surface area (Å²) in [6.45, 7) is 3.50. The number of nitrogens with zero attached hydrogens (tertiary/aromatic N) is 5. The Hall–Kier alpha value is -3.87. The molecule has 0 unspecified atom stereocenters. The number of rotatable bonds is 4. The van der Waals surface area contributed by atoms with Gasteiger partial charge in [0.1, 0.15) is 5.82 Å². The summed E-state index contributed by atoms with van der Waals surface area (Å²) < 4.78 is 43.8. The van der Waals surface area contributed by atoms with Gasteiger partial charge in [0.2, 0.25) is 0 Å². The van der Waals surface area contributed by atoms with Gasteiger partial charge in [0, 0.05) is 36.9 Å². The van der Waals surface area contributed by atoms with Gasteiger partial charge < -0.3 is 10.2 Å². The van der Waals surface area contributed by atoms with Crippen molar-refractivity contribution in [3.8, 4) is 5.69 Å². The first-order valence-electron chi connectivity index (χ1n) is 13.0. The number of amidine groups is 1. The molecule has 40 heavy (non-hydrogen) atoms. The highest BCUT2D eigenvalue weighted by Crippen LogP contribution is 2.36. The van der Waals surface area contributed by atoms with E-state index in [2.05, 4.69) is 20.2 Å². The molecule has 13 heteroatoms. The number of carbonyl (C=O) groups is 1. The maximum absolute atomic E-state index is 14.1. The second kappa shape index (κ2) is 10.3. The Morgan fingerprint density at radius 2 is 1.85 bits per heavy atom. The van der Waals surface area contributed by atoms with Crippen molar-refractivity contribution in [2.75, 3.05) is 13.1 Å². The molecular formula is C27H25F3N6O3S. The van der Waals surface area contributed by atoms with Gasteiger partial charge in [0.15, 0.2) is 22.4 Å². The number of halogens is 3. The third kappa shape index (κ3) is 4.51. The Morgan fingerprint density at radius 3 is 2.58 bits per heavy atom. The van der Waals surface area contributed by atoms with Crippen molar-refractivity contribution in [2.45, 2.75) is 51.1 Å². The summed E-state index contributed by atoms with van der Waals surface area (Å²) in [4.78, 5) is 51.3. The summed E-state index contributed by atoms with van der Waals surface area (Å²) in [5.41, 5.74) is -0.801. The number of aromatic nitrogens is 3. The molecule has 0 saturated heterocycles. The molecule has 0 bridgehead atoms. The number of carbonyl (C=O) groups excluding carboxylic acids is 1. The minimum absolute atomic E-state index is 0.0404. The lowest BCUT2D eigenvalue weighted by Crippen LogP contribution is -2.45. The number of nitrogens with one attached hydrogen (secondary N) is 1. The Bertz CT molecular complexity index is 1720. The first-order valence-corrected chi connectivity index (χ1v) is 13.8. The third-order valence-corrected chi connectivity index (χ3v) is 8.82. The van der Waals surface area contributed by atoms with Gasteiger partial charge in [0.25, 0.3) is 11.5 Å². The lowest BCUT2D eigenvalue weighted by atomic mass is 9.91. The fourth-order valence-corrected chi connectivity index (χ4v) is 6.66. The first kappa shape index (κ1) is 26.4. The van der Waals surface area contributed by atoms with Crippen LogP contribution in [0.5, 0.6) is 0 Å². The number of hydrogen-bond donors (Lipinski definition) is 1. The van der Waals surface area contributed by atoms with Crippen LogP contribution in [0.3, 0.4) is 0 Å². The van der Waals surface area contributed by atoms with Crippen LogP contribution in [0.25, 0.3) is 16.7 Å². The van der Waals surface area contributed by atoms with Crippen LogP contribution in [0.4, 0.5) is 13.2 Å². The van der Waals surface area contributed by atoms with Gasteiger partial charge in [-0.1, -0.05) is 0 Å². The highest BCUT2D eigenvalue weighted by Gasteiger charge is 2.34. The molecule has 9 nitrogen and oxygen atoms in total. The maximum atomic E-state index is 14.1. The van der Waals surface area contributed by atoms with E-state index in [-0.39, 0.29) is 28.7 Å². The van der Waals surface area contributed by atoms with E-state index < -0.39 is 34.7 Å². The number of amides is 1. The predicted molar refractivity (Wildman–Crippen MR) is 145 cm³/mol. The largest absolute Gasteiger partial charge is 0.349 e. The Morgan fingerprint density at radius 1 is 1.07 bits per heavy atom. The zero-order valence-corrected chi connectivity index (χ0v) is 22.3. The average molecular weight is 571 g/mol. The molecule has 2 aromatic heterocycles. The van der Waals surface area contributed by atoms with E-state index in [9.17, 15) is 27.6 Å². The van der Waals surface area contributed by atoms with E-state index >= 15 is 0 Å². The summed E-state index contributed by atoms with van der Waals surface area (Å²) >= 11 is 1.37. The molecule has 3 aliphatic rings. The molecule has 0 atom stereocenters. The lowest BCUT2D eigenvalue weighted by molar-refractivity contribution is -0.117. The fourth-order valence-electron chi connectivity index (χ4n) is 5.57.